The highest BCUT2D eigenvalue weighted by Gasteiger charge is 2.16. The Balaban J connectivity index is 1.17. The van der Waals surface area contributed by atoms with Gasteiger partial charge in [0.05, 0.1) is 18.5 Å². The Morgan fingerprint density at radius 2 is 1.60 bits per heavy atom. The van der Waals surface area contributed by atoms with Gasteiger partial charge in [-0.1, -0.05) is 78.5 Å². The van der Waals surface area contributed by atoms with Crippen LogP contribution >= 0.6 is 34.4 Å². The summed E-state index contributed by atoms with van der Waals surface area (Å²) < 4.78 is 3.17. The SMILES string of the molecule is Cc1cc(I)ccc1NCc1nnc(SCC(=O)N/N=C\c2c3ccccc3cc3ccccc23)n1-c1ccccc1. The lowest BCUT2D eigenvalue weighted by Crippen LogP contribution is -2.20. The fraction of sp³-hybridized carbons (Fsp3) is 0.0909. The number of benzene rings is 5. The van der Waals surface area contributed by atoms with Crippen LogP contribution in [-0.2, 0) is 11.3 Å². The van der Waals surface area contributed by atoms with Crippen LogP contribution in [0.3, 0.4) is 0 Å². The summed E-state index contributed by atoms with van der Waals surface area (Å²) in [5.41, 5.74) is 6.81. The molecule has 0 bridgehead atoms. The highest BCUT2D eigenvalue weighted by Crippen LogP contribution is 2.27. The van der Waals surface area contributed by atoms with Gasteiger partial charge in [0, 0.05) is 20.5 Å². The number of rotatable bonds is 9. The monoisotopic (exact) mass is 682 g/mol. The summed E-state index contributed by atoms with van der Waals surface area (Å²) in [6.45, 7) is 2.57. The molecule has 1 amide bonds. The molecule has 0 aliphatic carbocycles. The standard InChI is InChI=1S/C33H27IN6OS/c1-22-17-25(34)15-16-30(22)35-20-31-37-39-33(40(31)26-11-3-2-4-12-26)42-21-32(41)38-36-19-29-27-13-7-5-9-23(27)18-24-10-6-8-14-28(24)29/h2-19,35H,20-21H2,1H3,(H,38,41)/b36-19-. The third-order valence-electron chi connectivity index (χ3n) is 6.87. The van der Waals surface area contributed by atoms with E-state index < -0.39 is 0 Å². The van der Waals surface area contributed by atoms with Gasteiger partial charge in [0.15, 0.2) is 11.0 Å². The number of hydrogen-bond donors (Lipinski definition) is 2. The molecular weight excluding hydrogens is 655 g/mol. The maximum Gasteiger partial charge on any atom is 0.250 e. The molecule has 208 valence electrons. The molecule has 0 radical (unpaired) electrons. The number of nitrogens with one attached hydrogen (secondary N) is 2. The number of aromatic nitrogens is 3. The summed E-state index contributed by atoms with van der Waals surface area (Å²) in [4.78, 5) is 12.8. The van der Waals surface area contributed by atoms with Crippen LogP contribution < -0.4 is 10.7 Å². The van der Waals surface area contributed by atoms with Gasteiger partial charge < -0.3 is 5.32 Å². The molecule has 0 aliphatic rings. The van der Waals surface area contributed by atoms with Gasteiger partial charge in [-0.15, -0.1) is 10.2 Å². The number of fused-ring (bicyclic) bond motifs is 2. The Hall–Kier alpha value is -4.22. The first kappa shape index (κ1) is 27.9. The number of nitrogens with zero attached hydrogens (tertiary/aromatic N) is 4. The summed E-state index contributed by atoms with van der Waals surface area (Å²) in [5.74, 6) is 0.669. The number of anilines is 1. The maximum absolute atomic E-state index is 12.8. The average molecular weight is 683 g/mol. The molecule has 0 saturated carbocycles. The van der Waals surface area contributed by atoms with Crippen molar-refractivity contribution >= 4 is 73.7 Å². The number of amides is 1. The molecule has 7 nitrogen and oxygen atoms in total. The predicted octanol–water partition coefficient (Wildman–Crippen LogP) is 7.34. The van der Waals surface area contributed by atoms with Crippen LogP contribution in [0.5, 0.6) is 0 Å². The first-order chi connectivity index (χ1) is 20.6. The summed E-state index contributed by atoms with van der Waals surface area (Å²) in [6, 6.07) is 34.8. The first-order valence-electron chi connectivity index (χ1n) is 13.4. The maximum atomic E-state index is 12.8. The number of hydrazone groups is 1. The lowest BCUT2D eigenvalue weighted by atomic mass is 9.97. The molecule has 6 rings (SSSR count). The lowest BCUT2D eigenvalue weighted by Gasteiger charge is -2.12. The second kappa shape index (κ2) is 12.7. The van der Waals surface area contributed by atoms with Crippen molar-refractivity contribution in [3.63, 3.8) is 0 Å². The molecule has 0 unspecified atom stereocenters. The van der Waals surface area contributed by atoms with Crippen molar-refractivity contribution < 1.29 is 4.79 Å². The third kappa shape index (κ3) is 6.17. The largest absolute Gasteiger partial charge is 0.378 e. The summed E-state index contributed by atoms with van der Waals surface area (Å²) in [5, 5.41) is 21.7. The molecule has 42 heavy (non-hydrogen) atoms. The molecule has 0 spiro atoms. The minimum absolute atomic E-state index is 0.141. The second-order valence-corrected chi connectivity index (χ2v) is 11.9. The summed E-state index contributed by atoms with van der Waals surface area (Å²) in [7, 11) is 0. The first-order valence-corrected chi connectivity index (χ1v) is 15.5. The average Bonchev–Trinajstić information content (AvgIpc) is 3.42. The van der Waals surface area contributed by atoms with Crippen LogP contribution in [0.15, 0.2) is 113 Å². The fourth-order valence-electron chi connectivity index (χ4n) is 4.86. The molecular formula is C33H27IN6OS. The molecule has 5 aromatic carbocycles. The molecule has 0 fully saturated rings. The highest BCUT2D eigenvalue weighted by atomic mass is 127. The summed E-state index contributed by atoms with van der Waals surface area (Å²) >= 11 is 3.64. The number of thioether (sulfide) groups is 1. The van der Waals surface area contributed by atoms with Crippen molar-refractivity contribution in [1.82, 2.24) is 20.2 Å². The van der Waals surface area contributed by atoms with Crippen LogP contribution in [0.25, 0.3) is 27.2 Å². The van der Waals surface area contributed by atoms with Crippen LogP contribution in [0, 0.1) is 10.5 Å². The lowest BCUT2D eigenvalue weighted by molar-refractivity contribution is -0.118. The highest BCUT2D eigenvalue weighted by molar-refractivity contribution is 14.1. The zero-order valence-corrected chi connectivity index (χ0v) is 25.8. The molecule has 0 atom stereocenters. The van der Waals surface area contributed by atoms with E-state index in [1.165, 1.54) is 15.3 Å². The molecule has 1 aromatic heterocycles. The van der Waals surface area contributed by atoms with Gasteiger partial charge in [-0.2, -0.15) is 5.10 Å². The number of hydrogen-bond acceptors (Lipinski definition) is 6. The van der Waals surface area contributed by atoms with E-state index >= 15 is 0 Å². The van der Waals surface area contributed by atoms with Gasteiger partial charge in [-0.3, -0.25) is 9.36 Å². The zero-order valence-electron chi connectivity index (χ0n) is 22.8. The Labute approximate surface area is 261 Å². The van der Waals surface area contributed by atoms with Crippen LogP contribution in [0.4, 0.5) is 5.69 Å². The van der Waals surface area contributed by atoms with Gasteiger partial charge in [-0.25, -0.2) is 5.43 Å². The van der Waals surface area contributed by atoms with Gasteiger partial charge in [0.25, 0.3) is 5.91 Å². The van der Waals surface area contributed by atoms with Crippen LogP contribution in [0.2, 0.25) is 0 Å². The third-order valence-corrected chi connectivity index (χ3v) is 8.47. The smallest absolute Gasteiger partial charge is 0.250 e. The van der Waals surface area contributed by atoms with E-state index in [-0.39, 0.29) is 11.7 Å². The number of aryl methyl sites for hydroxylation is 1. The van der Waals surface area contributed by atoms with Gasteiger partial charge in [0.1, 0.15) is 0 Å². The van der Waals surface area contributed by atoms with Gasteiger partial charge >= 0.3 is 0 Å². The van der Waals surface area contributed by atoms with Crippen molar-refractivity contribution in [2.45, 2.75) is 18.6 Å². The normalized spacial score (nSPS) is 11.4. The van der Waals surface area contributed by atoms with E-state index in [2.05, 4.69) is 104 Å². The van der Waals surface area contributed by atoms with Crippen molar-refractivity contribution in [2.24, 2.45) is 5.10 Å². The zero-order chi connectivity index (χ0) is 28.9. The van der Waals surface area contributed by atoms with Gasteiger partial charge in [-0.05, 0) is 93.0 Å². The molecule has 0 saturated heterocycles. The Kier molecular flexibility index (Phi) is 8.47. The Morgan fingerprint density at radius 1 is 0.905 bits per heavy atom. The topological polar surface area (TPSA) is 84.2 Å². The predicted molar refractivity (Wildman–Crippen MR) is 180 cm³/mol. The molecule has 6 aromatic rings. The molecule has 1 heterocycles. The van der Waals surface area contributed by atoms with Crippen molar-refractivity contribution in [1.29, 1.82) is 0 Å². The van der Waals surface area contributed by atoms with E-state index in [9.17, 15) is 4.79 Å². The van der Waals surface area contributed by atoms with Crippen molar-refractivity contribution in [2.75, 3.05) is 11.1 Å². The number of para-hydroxylation sites is 1. The molecule has 2 N–H and O–H groups in total. The van der Waals surface area contributed by atoms with Gasteiger partial charge in [0.2, 0.25) is 0 Å². The quantitative estimate of drug-likeness (QED) is 0.0549. The Morgan fingerprint density at radius 3 is 2.31 bits per heavy atom. The molecule has 0 aliphatic heterocycles. The number of carbonyl (C=O) groups is 1. The van der Waals surface area contributed by atoms with E-state index in [1.54, 1.807) is 6.21 Å². The van der Waals surface area contributed by atoms with E-state index in [0.717, 1.165) is 49.9 Å². The summed E-state index contributed by atoms with van der Waals surface area (Å²) in [6.07, 6.45) is 1.73. The van der Waals surface area contributed by atoms with Crippen LogP contribution in [-0.4, -0.2) is 32.6 Å². The fourth-order valence-corrected chi connectivity index (χ4v) is 6.27. The Bertz CT molecular complexity index is 1870. The minimum Gasteiger partial charge on any atom is -0.378 e. The van der Waals surface area contributed by atoms with E-state index in [1.807, 2.05) is 59.2 Å². The van der Waals surface area contributed by atoms with Crippen molar-refractivity contribution in [3.8, 4) is 5.69 Å². The van der Waals surface area contributed by atoms with E-state index in [4.69, 9.17) is 0 Å². The number of halogens is 1. The number of carbonyl (C=O) groups excluding carboxylic acids is 1. The minimum atomic E-state index is -0.224. The second-order valence-electron chi connectivity index (χ2n) is 9.70. The van der Waals surface area contributed by atoms with Crippen LogP contribution in [0.1, 0.15) is 17.0 Å². The van der Waals surface area contributed by atoms with Crippen molar-refractivity contribution in [3.05, 3.63) is 124 Å². The van der Waals surface area contributed by atoms with E-state index in [0.29, 0.717) is 11.7 Å². The molecule has 9 heteroatoms.